The number of fused-ring (bicyclic) bond motifs is 3. The number of thioether (sulfide) groups is 1. The Balaban J connectivity index is 1.56. The van der Waals surface area contributed by atoms with Gasteiger partial charge in [0, 0.05) is 16.8 Å². The molecule has 5 aromatic rings. The Bertz CT molecular complexity index is 1420. The molecule has 5 rings (SSSR count). The molecule has 3 aromatic heterocycles. The van der Waals surface area contributed by atoms with Crippen LogP contribution in [0, 0.1) is 0 Å². The van der Waals surface area contributed by atoms with Crippen LogP contribution in [0.2, 0.25) is 0 Å². The molecule has 1 atom stereocenters. The molecule has 1 unspecified atom stereocenters. The lowest BCUT2D eigenvalue weighted by molar-refractivity contribution is 0.588. The highest BCUT2D eigenvalue weighted by atomic mass is 79.9. The van der Waals surface area contributed by atoms with Crippen LogP contribution in [0.1, 0.15) is 24.0 Å². The second-order valence-corrected chi connectivity index (χ2v) is 10.2. The number of halogens is 1. The van der Waals surface area contributed by atoms with Gasteiger partial charge in [0.05, 0.1) is 5.52 Å². The summed E-state index contributed by atoms with van der Waals surface area (Å²) in [5.74, 6) is 1.54. The normalized spacial score (nSPS) is 12.6. The average Bonchev–Trinajstić information content (AvgIpc) is 3.43. The van der Waals surface area contributed by atoms with Gasteiger partial charge in [-0.05, 0) is 40.6 Å². The van der Waals surface area contributed by atoms with Crippen molar-refractivity contribution in [3.8, 4) is 0 Å². The van der Waals surface area contributed by atoms with E-state index in [1.807, 2.05) is 46.2 Å². The maximum atomic E-state index is 13.3. The summed E-state index contributed by atoms with van der Waals surface area (Å²) in [6.07, 6.45) is 0. The van der Waals surface area contributed by atoms with Crippen molar-refractivity contribution in [3.63, 3.8) is 0 Å². The molecule has 31 heavy (non-hydrogen) atoms. The van der Waals surface area contributed by atoms with Gasteiger partial charge in [-0.2, -0.15) is 0 Å². The molecule has 0 saturated heterocycles. The first-order valence-corrected chi connectivity index (χ1v) is 12.5. The van der Waals surface area contributed by atoms with Gasteiger partial charge in [0.25, 0.3) is 5.56 Å². The summed E-state index contributed by atoms with van der Waals surface area (Å²) in [7, 11) is 0. The Labute approximate surface area is 195 Å². The number of aromatic nitrogens is 4. The van der Waals surface area contributed by atoms with Crippen molar-refractivity contribution in [1.82, 2.24) is 19.2 Å². The number of hydrogen-bond donors (Lipinski definition) is 0. The van der Waals surface area contributed by atoms with Crippen molar-refractivity contribution < 1.29 is 0 Å². The van der Waals surface area contributed by atoms with Crippen LogP contribution in [-0.4, -0.2) is 19.2 Å². The summed E-state index contributed by atoms with van der Waals surface area (Å²) in [4.78, 5) is 13.3. The molecule has 0 N–H and O–H groups in total. The Morgan fingerprint density at radius 3 is 2.74 bits per heavy atom. The average molecular weight is 511 g/mol. The fourth-order valence-electron chi connectivity index (χ4n) is 3.69. The fourth-order valence-corrected chi connectivity index (χ4v) is 5.85. The van der Waals surface area contributed by atoms with Gasteiger partial charge in [-0.25, -0.2) is 0 Å². The Hall–Kier alpha value is -2.42. The van der Waals surface area contributed by atoms with Gasteiger partial charge in [0.1, 0.15) is 4.70 Å². The third-order valence-corrected chi connectivity index (χ3v) is 7.65. The summed E-state index contributed by atoms with van der Waals surface area (Å²) in [5, 5.41) is 11.6. The second kappa shape index (κ2) is 8.61. The minimum atomic E-state index is -0.00350. The van der Waals surface area contributed by atoms with E-state index in [0.29, 0.717) is 12.3 Å². The molecule has 3 heterocycles. The van der Waals surface area contributed by atoms with Gasteiger partial charge in [0.2, 0.25) is 5.78 Å². The molecular formula is C23H19BrN4OS2. The van der Waals surface area contributed by atoms with E-state index in [1.54, 1.807) is 16.3 Å². The largest absolute Gasteiger partial charge is 0.275 e. The number of benzene rings is 2. The minimum Gasteiger partial charge on any atom is -0.275 e. The van der Waals surface area contributed by atoms with Gasteiger partial charge in [-0.3, -0.25) is 13.8 Å². The number of hydrogen-bond acceptors (Lipinski definition) is 5. The molecule has 0 aliphatic carbocycles. The first-order valence-electron chi connectivity index (χ1n) is 9.89. The van der Waals surface area contributed by atoms with Crippen molar-refractivity contribution in [3.05, 3.63) is 92.0 Å². The van der Waals surface area contributed by atoms with E-state index in [1.165, 1.54) is 22.5 Å². The molecule has 0 amide bonds. The predicted octanol–water partition coefficient (Wildman–Crippen LogP) is 5.96. The highest BCUT2D eigenvalue weighted by Crippen LogP contribution is 2.28. The third-order valence-electron chi connectivity index (χ3n) is 5.26. The maximum absolute atomic E-state index is 13.3. The maximum Gasteiger partial charge on any atom is 0.272 e. The molecule has 5 nitrogen and oxygen atoms in total. The molecular weight excluding hydrogens is 492 g/mol. The van der Waals surface area contributed by atoms with Crippen molar-refractivity contribution in [2.45, 2.75) is 30.3 Å². The molecule has 0 aliphatic rings. The molecule has 156 valence electrons. The third kappa shape index (κ3) is 3.95. The highest BCUT2D eigenvalue weighted by Gasteiger charge is 2.19. The van der Waals surface area contributed by atoms with Gasteiger partial charge in [-0.15, -0.1) is 21.5 Å². The summed E-state index contributed by atoms with van der Waals surface area (Å²) in [6.45, 7) is 2.69. The van der Waals surface area contributed by atoms with Crippen LogP contribution in [-0.2, 0) is 12.3 Å². The first-order chi connectivity index (χ1) is 15.1. The van der Waals surface area contributed by atoms with Crippen LogP contribution in [0.5, 0.6) is 0 Å². The van der Waals surface area contributed by atoms with Gasteiger partial charge in [0.15, 0.2) is 5.16 Å². The Morgan fingerprint density at radius 2 is 1.94 bits per heavy atom. The van der Waals surface area contributed by atoms with Crippen molar-refractivity contribution in [2.24, 2.45) is 0 Å². The monoisotopic (exact) mass is 510 g/mol. The minimum absolute atomic E-state index is 0.00350. The number of rotatable bonds is 6. The van der Waals surface area contributed by atoms with Crippen LogP contribution in [0.3, 0.4) is 0 Å². The standard InChI is InChI=1S/C23H19BrN4OS2/c1-15(17-7-3-2-4-8-17)13-27-21(29)20-19(10-11-30-20)28-22(27)25-26-23(28)31-14-16-6-5-9-18(24)12-16/h2-12,15H,13-14H2,1H3. The van der Waals surface area contributed by atoms with Crippen LogP contribution in [0.4, 0.5) is 0 Å². The zero-order chi connectivity index (χ0) is 21.4. The lowest BCUT2D eigenvalue weighted by Gasteiger charge is -2.15. The predicted molar refractivity (Wildman–Crippen MR) is 131 cm³/mol. The van der Waals surface area contributed by atoms with Crippen molar-refractivity contribution in [1.29, 1.82) is 0 Å². The quantitative estimate of drug-likeness (QED) is 0.264. The van der Waals surface area contributed by atoms with E-state index < -0.39 is 0 Å². The topological polar surface area (TPSA) is 52.2 Å². The zero-order valence-corrected chi connectivity index (χ0v) is 20.0. The summed E-state index contributed by atoms with van der Waals surface area (Å²) < 4.78 is 5.58. The van der Waals surface area contributed by atoms with E-state index in [9.17, 15) is 4.79 Å². The molecule has 0 radical (unpaired) electrons. The first kappa shape index (κ1) is 20.5. The van der Waals surface area contributed by atoms with E-state index >= 15 is 0 Å². The van der Waals surface area contributed by atoms with Crippen LogP contribution >= 0.6 is 39.0 Å². The van der Waals surface area contributed by atoms with Crippen LogP contribution in [0.25, 0.3) is 16.0 Å². The summed E-state index contributed by atoms with van der Waals surface area (Å²) in [6, 6.07) is 20.5. The molecule has 0 fully saturated rings. The van der Waals surface area contributed by atoms with E-state index in [-0.39, 0.29) is 11.5 Å². The van der Waals surface area contributed by atoms with E-state index in [2.05, 4.69) is 57.3 Å². The second-order valence-electron chi connectivity index (χ2n) is 7.40. The zero-order valence-electron chi connectivity index (χ0n) is 16.7. The molecule has 0 saturated carbocycles. The Kier molecular flexibility index (Phi) is 5.69. The lowest BCUT2D eigenvalue weighted by atomic mass is 10.0. The molecule has 0 spiro atoms. The SMILES string of the molecule is CC(Cn1c(=O)c2sccc2n2c(SCc3cccc(Br)c3)nnc12)c1ccccc1. The number of thiophene rings is 1. The van der Waals surface area contributed by atoms with Gasteiger partial charge in [-0.1, -0.05) is 77.1 Å². The molecule has 8 heteroatoms. The van der Waals surface area contributed by atoms with Crippen LogP contribution < -0.4 is 5.56 Å². The smallest absolute Gasteiger partial charge is 0.272 e. The molecule has 0 bridgehead atoms. The summed E-state index contributed by atoms with van der Waals surface area (Å²) in [5.41, 5.74) is 3.26. The van der Waals surface area contributed by atoms with Gasteiger partial charge >= 0.3 is 0 Å². The van der Waals surface area contributed by atoms with Crippen LogP contribution in [0.15, 0.2) is 80.5 Å². The van der Waals surface area contributed by atoms with E-state index in [0.717, 1.165) is 25.6 Å². The highest BCUT2D eigenvalue weighted by molar-refractivity contribution is 9.10. The van der Waals surface area contributed by atoms with Crippen molar-refractivity contribution >= 4 is 55.0 Å². The molecule has 0 aliphatic heterocycles. The summed E-state index contributed by atoms with van der Waals surface area (Å²) >= 11 is 6.62. The Morgan fingerprint density at radius 1 is 1.10 bits per heavy atom. The fraction of sp³-hybridized carbons (Fsp3) is 0.174. The van der Waals surface area contributed by atoms with E-state index in [4.69, 9.17) is 0 Å². The number of nitrogens with zero attached hydrogens (tertiary/aromatic N) is 4. The van der Waals surface area contributed by atoms with Crippen molar-refractivity contribution in [2.75, 3.05) is 0 Å². The molecule has 2 aromatic carbocycles. The van der Waals surface area contributed by atoms with Gasteiger partial charge < -0.3 is 0 Å². The lowest BCUT2D eigenvalue weighted by Crippen LogP contribution is -2.24.